The fourth-order valence-electron chi connectivity index (χ4n) is 3.01. The van der Waals surface area contributed by atoms with E-state index in [2.05, 4.69) is 66.2 Å². The Hall–Kier alpha value is -3.25. The van der Waals surface area contributed by atoms with Crippen LogP contribution < -0.4 is 0 Å². The van der Waals surface area contributed by atoms with Gasteiger partial charge in [-0.25, -0.2) is 9.97 Å². The van der Waals surface area contributed by atoms with Crippen LogP contribution in [0.3, 0.4) is 0 Å². The first-order chi connectivity index (χ1) is 12.4. The fourth-order valence-corrected chi connectivity index (χ4v) is 3.66. The molecule has 0 saturated heterocycles. The van der Waals surface area contributed by atoms with Gasteiger partial charge in [-0.1, -0.05) is 12.1 Å². The predicted molar refractivity (Wildman–Crippen MR) is 100 cm³/mol. The van der Waals surface area contributed by atoms with Crippen molar-refractivity contribution in [2.75, 3.05) is 0 Å². The highest BCUT2D eigenvalue weighted by molar-refractivity contribution is 7.08. The molecule has 0 aliphatic heterocycles. The van der Waals surface area contributed by atoms with Crippen molar-refractivity contribution in [3.8, 4) is 33.8 Å². The van der Waals surface area contributed by atoms with Crippen LogP contribution in [0.25, 0.3) is 44.7 Å². The molecular formula is C19H13N5S. The molecule has 0 bridgehead atoms. The lowest BCUT2D eigenvalue weighted by Gasteiger charge is -1.99. The number of thiophene rings is 1. The topological polar surface area (TPSA) is 70.2 Å². The highest BCUT2D eigenvalue weighted by atomic mass is 32.1. The van der Waals surface area contributed by atoms with E-state index in [1.54, 1.807) is 23.7 Å². The second-order valence-corrected chi connectivity index (χ2v) is 6.54. The summed E-state index contributed by atoms with van der Waals surface area (Å²) in [5.41, 5.74) is 7.25. The summed E-state index contributed by atoms with van der Waals surface area (Å²) < 4.78 is 0. The van der Waals surface area contributed by atoms with Crippen molar-refractivity contribution < 1.29 is 0 Å². The van der Waals surface area contributed by atoms with Gasteiger partial charge in [-0.15, -0.1) is 0 Å². The first-order valence-corrected chi connectivity index (χ1v) is 8.78. The summed E-state index contributed by atoms with van der Waals surface area (Å²) in [5.74, 6) is 0. The molecule has 4 aromatic heterocycles. The van der Waals surface area contributed by atoms with Crippen LogP contribution in [0, 0.1) is 0 Å². The van der Waals surface area contributed by atoms with Gasteiger partial charge in [0, 0.05) is 28.9 Å². The Balaban J connectivity index is 1.60. The van der Waals surface area contributed by atoms with Crippen molar-refractivity contribution in [1.82, 2.24) is 25.1 Å². The van der Waals surface area contributed by atoms with Crippen molar-refractivity contribution in [3.05, 3.63) is 65.9 Å². The third kappa shape index (κ3) is 2.43. The first kappa shape index (κ1) is 14.1. The molecule has 120 valence electrons. The predicted octanol–water partition coefficient (Wildman–Crippen LogP) is 4.74. The maximum atomic E-state index is 4.38. The Bertz CT molecular complexity index is 1140. The summed E-state index contributed by atoms with van der Waals surface area (Å²) in [6.07, 6.45) is 5.03. The number of fused-ring (bicyclic) bond motifs is 1. The minimum atomic E-state index is 0.826. The second kappa shape index (κ2) is 5.68. The number of aromatic amines is 2. The van der Waals surface area contributed by atoms with Crippen molar-refractivity contribution in [2.45, 2.75) is 0 Å². The Labute approximate surface area is 147 Å². The molecule has 6 heteroatoms. The highest BCUT2D eigenvalue weighted by Gasteiger charge is 2.11. The standard InChI is InChI=1S/C19H13N5S/c1-2-14(12-4-5-25-10-12)15-6-18(22-16(15)3-1)19-7-17(23-24-19)13-8-20-11-21-9-13/h1-11,22H,(H,23,24). The van der Waals surface area contributed by atoms with Gasteiger partial charge in [-0.2, -0.15) is 16.4 Å². The molecule has 0 radical (unpaired) electrons. The van der Waals surface area contributed by atoms with Crippen LogP contribution in [0.2, 0.25) is 0 Å². The smallest absolute Gasteiger partial charge is 0.115 e. The van der Waals surface area contributed by atoms with Gasteiger partial charge in [0.05, 0.1) is 17.1 Å². The van der Waals surface area contributed by atoms with E-state index in [0.717, 1.165) is 28.2 Å². The number of nitrogens with zero attached hydrogens (tertiary/aromatic N) is 3. The quantitative estimate of drug-likeness (QED) is 0.497. The molecular weight excluding hydrogens is 330 g/mol. The van der Waals surface area contributed by atoms with Crippen LogP contribution in [-0.2, 0) is 0 Å². The van der Waals surface area contributed by atoms with Gasteiger partial charge in [-0.3, -0.25) is 5.10 Å². The van der Waals surface area contributed by atoms with Crippen molar-refractivity contribution >= 4 is 22.2 Å². The highest BCUT2D eigenvalue weighted by Crippen LogP contribution is 2.33. The molecule has 0 amide bonds. The maximum Gasteiger partial charge on any atom is 0.115 e. The van der Waals surface area contributed by atoms with E-state index in [4.69, 9.17) is 0 Å². The lowest BCUT2D eigenvalue weighted by molar-refractivity contribution is 1.08. The number of rotatable bonds is 3. The number of aromatic nitrogens is 5. The largest absolute Gasteiger partial charge is 0.353 e. The zero-order valence-corrected chi connectivity index (χ0v) is 13.9. The molecule has 25 heavy (non-hydrogen) atoms. The number of H-pyrrole nitrogens is 2. The third-order valence-corrected chi connectivity index (χ3v) is 4.90. The summed E-state index contributed by atoms with van der Waals surface area (Å²) in [6.45, 7) is 0. The van der Waals surface area contributed by atoms with Gasteiger partial charge >= 0.3 is 0 Å². The average Bonchev–Trinajstić information content (AvgIpc) is 3.41. The monoisotopic (exact) mass is 343 g/mol. The number of benzene rings is 1. The van der Waals surface area contributed by atoms with Crippen molar-refractivity contribution in [3.63, 3.8) is 0 Å². The summed E-state index contributed by atoms with van der Waals surface area (Å²) in [4.78, 5) is 11.6. The zero-order valence-electron chi connectivity index (χ0n) is 13.1. The van der Waals surface area contributed by atoms with Crippen LogP contribution in [-0.4, -0.2) is 25.1 Å². The Morgan fingerprint density at radius 3 is 2.68 bits per heavy atom. The minimum Gasteiger partial charge on any atom is -0.353 e. The van der Waals surface area contributed by atoms with Crippen LogP contribution in [0.15, 0.2) is 65.9 Å². The van der Waals surface area contributed by atoms with Gasteiger partial charge in [0.2, 0.25) is 0 Å². The second-order valence-electron chi connectivity index (χ2n) is 5.76. The Kier molecular flexibility index (Phi) is 3.21. The van der Waals surface area contributed by atoms with Crippen LogP contribution in [0.1, 0.15) is 0 Å². The Morgan fingerprint density at radius 2 is 1.84 bits per heavy atom. The molecule has 0 aliphatic carbocycles. The number of hydrogen-bond donors (Lipinski definition) is 2. The SMILES string of the molecule is c1cc(-c2ccsc2)c2cc(-c3cc(-c4cncnc4)n[nH]3)[nH]c2c1. The molecule has 0 unspecified atom stereocenters. The van der Waals surface area contributed by atoms with Crippen molar-refractivity contribution in [2.24, 2.45) is 0 Å². The lowest BCUT2D eigenvalue weighted by Crippen LogP contribution is -1.81. The molecule has 0 atom stereocenters. The van der Waals surface area contributed by atoms with E-state index in [1.165, 1.54) is 22.8 Å². The average molecular weight is 343 g/mol. The molecule has 0 fully saturated rings. The fraction of sp³-hybridized carbons (Fsp3) is 0. The van der Waals surface area contributed by atoms with E-state index in [1.807, 2.05) is 6.07 Å². The van der Waals surface area contributed by atoms with E-state index >= 15 is 0 Å². The van der Waals surface area contributed by atoms with Crippen LogP contribution in [0.5, 0.6) is 0 Å². The van der Waals surface area contributed by atoms with Gasteiger partial charge < -0.3 is 4.98 Å². The molecule has 2 N–H and O–H groups in total. The van der Waals surface area contributed by atoms with Crippen molar-refractivity contribution in [1.29, 1.82) is 0 Å². The molecule has 5 rings (SSSR count). The van der Waals surface area contributed by atoms with Gasteiger partial charge in [-0.05, 0) is 46.2 Å². The lowest BCUT2D eigenvalue weighted by atomic mass is 10.0. The zero-order chi connectivity index (χ0) is 16.6. The summed E-state index contributed by atoms with van der Waals surface area (Å²) in [6, 6.07) is 12.7. The van der Waals surface area contributed by atoms with E-state index in [-0.39, 0.29) is 0 Å². The number of nitrogens with one attached hydrogen (secondary N) is 2. The van der Waals surface area contributed by atoms with Gasteiger partial charge in [0.25, 0.3) is 0 Å². The summed E-state index contributed by atoms with van der Waals surface area (Å²) in [5, 5.41) is 13.0. The summed E-state index contributed by atoms with van der Waals surface area (Å²) >= 11 is 1.71. The van der Waals surface area contributed by atoms with E-state index in [0.29, 0.717) is 0 Å². The number of hydrogen-bond acceptors (Lipinski definition) is 4. The molecule has 0 spiro atoms. The van der Waals surface area contributed by atoms with Crippen LogP contribution >= 0.6 is 11.3 Å². The van der Waals surface area contributed by atoms with Crippen LogP contribution in [0.4, 0.5) is 0 Å². The first-order valence-electron chi connectivity index (χ1n) is 7.84. The molecule has 1 aromatic carbocycles. The molecule has 0 saturated carbocycles. The van der Waals surface area contributed by atoms with E-state index in [9.17, 15) is 0 Å². The normalized spacial score (nSPS) is 11.2. The molecule has 0 aliphatic rings. The Morgan fingerprint density at radius 1 is 0.920 bits per heavy atom. The van der Waals surface area contributed by atoms with Gasteiger partial charge in [0.1, 0.15) is 6.33 Å². The van der Waals surface area contributed by atoms with E-state index < -0.39 is 0 Å². The minimum absolute atomic E-state index is 0.826. The molecule has 5 nitrogen and oxygen atoms in total. The van der Waals surface area contributed by atoms with Gasteiger partial charge in [0.15, 0.2) is 0 Å². The maximum absolute atomic E-state index is 4.38. The summed E-state index contributed by atoms with van der Waals surface area (Å²) in [7, 11) is 0. The third-order valence-electron chi connectivity index (χ3n) is 4.22. The molecule has 5 aromatic rings. The molecule has 4 heterocycles.